The zero-order chi connectivity index (χ0) is 12.1. The summed E-state index contributed by atoms with van der Waals surface area (Å²) in [6, 6.07) is 7.55. The molecule has 1 aromatic carbocycles. The predicted octanol–water partition coefficient (Wildman–Crippen LogP) is 1.45. The Labute approximate surface area is 99.2 Å². The lowest BCUT2D eigenvalue weighted by Gasteiger charge is -2.04. The van der Waals surface area contributed by atoms with Crippen molar-refractivity contribution in [3.8, 4) is 22.9 Å². The minimum absolute atomic E-state index is 0.113. The van der Waals surface area contributed by atoms with Crippen LogP contribution < -0.4 is 15.2 Å². The topological polar surface area (TPSA) is 70.3 Å². The number of methoxy groups -OCH3 is 1. The maximum Gasteiger partial charge on any atom is 0.159 e. The van der Waals surface area contributed by atoms with Crippen LogP contribution in [0, 0.1) is 0 Å². The molecule has 0 aliphatic carbocycles. The van der Waals surface area contributed by atoms with Gasteiger partial charge in [0.1, 0.15) is 12.5 Å². The molecule has 0 aliphatic heterocycles. The van der Waals surface area contributed by atoms with Gasteiger partial charge in [-0.3, -0.25) is 5.73 Å². The smallest absolute Gasteiger partial charge is 0.159 e. The van der Waals surface area contributed by atoms with Crippen LogP contribution in [0.15, 0.2) is 36.7 Å². The molecule has 0 saturated heterocycles. The standard InChI is InChI=1S/C12H13N3O2/c1-16-10-4-2-3-9(5-10)12-14-6-11(7-15-12)17-8-13/h2-7H,8,13H2,1H3. The summed E-state index contributed by atoms with van der Waals surface area (Å²) in [7, 11) is 1.62. The lowest BCUT2D eigenvalue weighted by Crippen LogP contribution is -2.07. The van der Waals surface area contributed by atoms with Crippen LogP contribution in [0.2, 0.25) is 0 Å². The summed E-state index contributed by atoms with van der Waals surface area (Å²) in [5, 5.41) is 0. The first-order valence-electron chi connectivity index (χ1n) is 5.13. The molecule has 1 heterocycles. The third-order valence-corrected chi connectivity index (χ3v) is 2.21. The lowest BCUT2D eigenvalue weighted by molar-refractivity contribution is 0.327. The molecule has 2 rings (SSSR count). The highest BCUT2D eigenvalue weighted by atomic mass is 16.5. The van der Waals surface area contributed by atoms with Crippen LogP contribution in [0.3, 0.4) is 0 Å². The Morgan fingerprint density at radius 2 is 1.94 bits per heavy atom. The number of nitrogens with two attached hydrogens (primary N) is 1. The maximum atomic E-state index is 5.25. The van der Waals surface area contributed by atoms with E-state index in [1.165, 1.54) is 0 Å². The molecule has 5 nitrogen and oxygen atoms in total. The minimum atomic E-state index is 0.113. The summed E-state index contributed by atoms with van der Waals surface area (Å²) in [6.07, 6.45) is 3.18. The first-order chi connectivity index (χ1) is 8.33. The van der Waals surface area contributed by atoms with Crippen LogP contribution in [-0.4, -0.2) is 23.8 Å². The van der Waals surface area contributed by atoms with E-state index in [-0.39, 0.29) is 6.73 Å². The molecule has 0 saturated carbocycles. The highest BCUT2D eigenvalue weighted by Gasteiger charge is 2.03. The fourth-order valence-electron chi connectivity index (χ4n) is 1.40. The number of rotatable bonds is 4. The van der Waals surface area contributed by atoms with Gasteiger partial charge in [-0.2, -0.15) is 0 Å². The average Bonchev–Trinajstić information content (AvgIpc) is 2.40. The maximum absolute atomic E-state index is 5.25. The van der Waals surface area contributed by atoms with Gasteiger partial charge in [-0.1, -0.05) is 12.1 Å². The number of aromatic nitrogens is 2. The predicted molar refractivity (Wildman–Crippen MR) is 63.7 cm³/mol. The van der Waals surface area contributed by atoms with E-state index in [0.717, 1.165) is 11.3 Å². The summed E-state index contributed by atoms with van der Waals surface area (Å²) in [5.74, 6) is 1.95. The Balaban J connectivity index is 2.26. The second kappa shape index (κ2) is 5.27. The van der Waals surface area contributed by atoms with Crippen molar-refractivity contribution in [2.75, 3.05) is 13.8 Å². The molecule has 0 radical (unpaired) electrons. The zero-order valence-corrected chi connectivity index (χ0v) is 9.46. The molecule has 88 valence electrons. The van der Waals surface area contributed by atoms with Gasteiger partial charge in [-0.15, -0.1) is 0 Å². The fourth-order valence-corrected chi connectivity index (χ4v) is 1.40. The Kier molecular flexibility index (Phi) is 3.52. The SMILES string of the molecule is COc1cccc(-c2ncc(OCN)cn2)c1. The van der Waals surface area contributed by atoms with E-state index < -0.39 is 0 Å². The number of nitrogens with zero attached hydrogens (tertiary/aromatic N) is 2. The fraction of sp³-hybridized carbons (Fsp3) is 0.167. The first-order valence-corrected chi connectivity index (χ1v) is 5.13. The van der Waals surface area contributed by atoms with Gasteiger partial charge >= 0.3 is 0 Å². The third-order valence-electron chi connectivity index (χ3n) is 2.21. The van der Waals surface area contributed by atoms with Crippen LogP contribution in [0.5, 0.6) is 11.5 Å². The quantitative estimate of drug-likeness (QED) is 0.806. The van der Waals surface area contributed by atoms with Crippen molar-refractivity contribution < 1.29 is 9.47 Å². The molecule has 2 aromatic rings. The van der Waals surface area contributed by atoms with Gasteiger partial charge < -0.3 is 9.47 Å². The molecule has 0 amide bonds. The van der Waals surface area contributed by atoms with Crippen molar-refractivity contribution in [3.63, 3.8) is 0 Å². The summed E-state index contributed by atoms with van der Waals surface area (Å²) in [6.45, 7) is 0.113. The van der Waals surface area contributed by atoms with E-state index in [1.807, 2.05) is 24.3 Å². The van der Waals surface area contributed by atoms with E-state index in [9.17, 15) is 0 Å². The van der Waals surface area contributed by atoms with Gasteiger partial charge in [0.15, 0.2) is 11.6 Å². The van der Waals surface area contributed by atoms with Gasteiger partial charge in [0.25, 0.3) is 0 Å². The summed E-state index contributed by atoms with van der Waals surface area (Å²) >= 11 is 0. The Bertz CT molecular complexity index is 485. The molecule has 0 fully saturated rings. The molecule has 5 heteroatoms. The van der Waals surface area contributed by atoms with Crippen molar-refractivity contribution in [1.29, 1.82) is 0 Å². The van der Waals surface area contributed by atoms with Gasteiger partial charge in [0.05, 0.1) is 19.5 Å². The third kappa shape index (κ3) is 2.70. The second-order valence-electron chi connectivity index (χ2n) is 3.29. The number of hydrogen-bond donors (Lipinski definition) is 1. The van der Waals surface area contributed by atoms with Gasteiger partial charge in [0.2, 0.25) is 0 Å². The van der Waals surface area contributed by atoms with E-state index in [4.69, 9.17) is 15.2 Å². The van der Waals surface area contributed by atoms with Gasteiger partial charge in [-0.25, -0.2) is 9.97 Å². The number of ether oxygens (including phenoxy) is 2. The molecular formula is C12H13N3O2. The Hall–Kier alpha value is -2.14. The van der Waals surface area contributed by atoms with Crippen LogP contribution >= 0.6 is 0 Å². The number of benzene rings is 1. The van der Waals surface area contributed by atoms with Gasteiger partial charge in [-0.05, 0) is 12.1 Å². The van der Waals surface area contributed by atoms with Gasteiger partial charge in [0, 0.05) is 5.56 Å². The number of hydrogen-bond acceptors (Lipinski definition) is 5. The van der Waals surface area contributed by atoms with Crippen LogP contribution in [0.1, 0.15) is 0 Å². The largest absolute Gasteiger partial charge is 0.497 e. The molecular weight excluding hydrogens is 218 g/mol. The first kappa shape index (κ1) is 11.3. The van der Waals surface area contributed by atoms with Crippen LogP contribution in [0.25, 0.3) is 11.4 Å². The highest BCUT2D eigenvalue weighted by molar-refractivity contribution is 5.57. The molecule has 17 heavy (non-hydrogen) atoms. The molecule has 2 N–H and O–H groups in total. The van der Waals surface area contributed by atoms with E-state index in [1.54, 1.807) is 19.5 Å². The normalized spacial score (nSPS) is 10.0. The molecule has 0 spiro atoms. The lowest BCUT2D eigenvalue weighted by atomic mass is 10.2. The summed E-state index contributed by atoms with van der Waals surface area (Å²) in [4.78, 5) is 8.39. The summed E-state index contributed by atoms with van der Waals surface area (Å²) < 4.78 is 10.2. The monoisotopic (exact) mass is 231 g/mol. The zero-order valence-electron chi connectivity index (χ0n) is 9.46. The van der Waals surface area contributed by atoms with Crippen LogP contribution in [0.4, 0.5) is 0 Å². The van der Waals surface area contributed by atoms with Crippen molar-refractivity contribution in [2.24, 2.45) is 5.73 Å². The van der Waals surface area contributed by atoms with E-state index >= 15 is 0 Å². The molecule has 0 unspecified atom stereocenters. The van der Waals surface area contributed by atoms with Crippen molar-refractivity contribution in [2.45, 2.75) is 0 Å². The van der Waals surface area contributed by atoms with Crippen molar-refractivity contribution >= 4 is 0 Å². The molecule has 0 bridgehead atoms. The van der Waals surface area contributed by atoms with E-state index in [2.05, 4.69) is 9.97 Å². The average molecular weight is 231 g/mol. The molecule has 1 aromatic heterocycles. The Morgan fingerprint density at radius 3 is 2.59 bits per heavy atom. The van der Waals surface area contributed by atoms with Crippen molar-refractivity contribution in [3.05, 3.63) is 36.7 Å². The molecule has 0 aliphatic rings. The minimum Gasteiger partial charge on any atom is -0.497 e. The highest BCUT2D eigenvalue weighted by Crippen LogP contribution is 2.21. The Morgan fingerprint density at radius 1 is 1.18 bits per heavy atom. The van der Waals surface area contributed by atoms with Crippen LogP contribution in [-0.2, 0) is 0 Å². The van der Waals surface area contributed by atoms with E-state index in [0.29, 0.717) is 11.6 Å². The van der Waals surface area contributed by atoms with Crippen molar-refractivity contribution in [1.82, 2.24) is 9.97 Å². The summed E-state index contributed by atoms with van der Waals surface area (Å²) in [5.41, 5.74) is 6.15. The second-order valence-corrected chi connectivity index (χ2v) is 3.29. The molecule has 0 atom stereocenters.